The van der Waals surface area contributed by atoms with Gasteiger partial charge in [0, 0.05) is 17.9 Å². The molecule has 74 valence electrons. The van der Waals surface area contributed by atoms with Gasteiger partial charge in [0.2, 0.25) is 0 Å². The van der Waals surface area contributed by atoms with Gasteiger partial charge < -0.3 is 9.53 Å². The third-order valence-electron chi connectivity index (χ3n) is 2.58. The Hall–Kier alpha value is -1.31. The molecule has 2 rings (SSSR count). The summed E-state index contributed by atoms with van der Waals surface area (Å²) < 4.78 is 5.51. The molecular weight excluding hydrogens is 176 g/mol. The standard InChI is InChI=1S/C12H14O2/c1-8-3-4-12-11(5-8)10(7-14-12)6-9(2)13/h3-5,10H,6-7H2,1-2H3. The first-order valence-electron chi connectivity index (χ1n) is 4.89. The molecule has 1 aromatic carbocycles. The fourth-order valence-corrected chi connectivity index (χ4v) is 1.91. The number of aryl methyl sites for hydroxylation is 1. The van der Waals surface area contributed by atoms with Crippen LogP contribution < -0.4 is 4.74 Å². The van der Waals surface area contributed by atoms with Crippen molar-refractivity contribution in [1.82, 2.24) is 0 Å². The Bertz CT molecular complexity index is 369. The fraction of sp³-hybridized carbons (Fsp3) is 0.417. The molecular formula is C12H14O2. The summed E-state index contributed by atoms with van der Waals surface area (Å²) in [6.45, 7) is 4.34. The Labute approximate surface area is 83.9 Å². The van der Waals surface area contributed by atoms with Gasteiger partial charge in [-0.15, -0.1) is 0 Å². The SMILES string of the molecule is CC(=O)CC1COc2ccc(C)cc21. The molecule has 0 amide bonds. The minimum atomic E-state index is 0.230. The van der Waals surface area contributed by atoms with Crippen LogP contribution >= 0.6 is 0 Å². The van der Waals surface area contributed by atoms with Crippen LogP contribution in [-0.2, 0) is 4.79 Å². The zero-order chi connectivity index (χ0) is 10.1. The van der Waals surface area contributed by atoms with Gasteiger partial charge in [0.25, 0.3) is 0 Å². The normalized spacial score (nSPS) is 18.9. The number of Topliss-reactive ketones (excluding diaryl/α,β-unsaturated/α-hetero) is 1. The summed E-state index contributed by atoms with van der Waals surface area (Å²) in [5, 5.41) is 0. The molecule has 0 aromatic heterocycles. The molecule has 1 unspecified atom stereocenters. The number of rotatable bonds is 2. The molecule has 0 N–H and O–H groups in total. The summed E-state index contributed by atoms with van der Waals surface area (Å²) in [4.78, 5) is 11.0. The van der Waals surface area contributed by atoms with E-state index in [2.05, 4.69) is 13.0 Å². The number of carbonyl (C=O) groups excluding carboxylic acids is 1. The van der Waals surface area contributed by atoms with Crippen LogP contribution in [0.1, 0.15) is 30.4 Å². The molecule has 0 bridgehead atoms. The fourth-order valence-electron chi connectivity index (χ4n) is 1.91. The van der Waals surface area contributed by atoms with E-state index in [1.807, 2.05) is 12.1 Å². The highest BCUT2D eigenvalue weighted by atomic mass is 16.5. The predicted molar refractivity (Wildman–Crippen MR) is 54.7 cm³/mol. The molecule has 0 aliphatic carbocycles. The summed E-state index contributed by atoms with van der Waals surface area (Å²) in [7, 11) is 0. The Morgan fingerprint density at radius 1 is 1.57 bits per heavy atom. The third-order valence-corrected chi connectivity index (χ3v) is 2.58. The van der Waals surface area contributed by atoms with Gasteiger partial charge in [-0.05, 0) is 19.9 Å². The second kappa shape index (κ2) is 3.45. The van der Waals surface area contributed by atoms with Crippen molar-refractivity contribution >= 4 is 5.78 Å². The monoisotopic (exact) mass is 190 g/mol. The minimum Gasteiger partial charge on any atom is -0.493 e. The second-order valence-electron chi connectivity index (χ2n) is 3.96. The number of ether oxygens (including phenoxy) is 1. The molecule has 2 nitrogen and oxygen atoms in total. The molecule has 0 radical (unpaired) electrons. The number of hydrogen-bond donors (Lipinski definition) is 0. The Kier molecular flexibility index (Phi) is 2.28. The molecule has 0 fully saturated rings. The van der Waals surface area contributed by atoms with Gasteiger partial charge in [0.1, 0.15) is 11.5 Å². The first-order chi connectivity index (χ1) is 6.66. The topological polar surface area (TPSA) is 26.3 Å². The predicted octanol–water partition coefficient (Wildman–Crippen LogP) is 2.45. The van der Waals surface area contributed by atoms with E-state index in [0.29, 0.717) is 13.0 Å². The molecule has 0 saturated heterocycles. The van der Waals surface area contributed by atoms with Gasteiger partial charge in [-0.1, -0.05) is 17.7 Å². The molecule has 1 aliphatic heterocycles. The van der Waals surface area contributed by atoms with E-state index >= 15 is 0 Å². The van der Waals surface area contributed by atoms with Gasteiger partial charge >= 0.3 is 0 Å². The van der Waals surface area contributed by atoms with E-state index in [9.17, 15) is 4.79 Å². The molecule has 1 heterocycles. The van der Waals surface area contributed by atoms with Crippen molar-refractivity contribution in [2.75, 3.05) is 6.61 Å². The van der Waals surface area contributed by atoms with Crippen LogP contribution in [0.5, 0.6) is 5.75 Å². The average Bonchev–Trinajstić information content (AvgIpc) is 2.47. The van der Waals surface area contributed by atoms with Gasteiger partial charge in [-0.3, -0.25) is 0 Å². The smallest absolute Gasteiger partial charge is 0.130 e. The highest BCUT2D eigenvalue weighted by Gasteiger charge is 2.24. The molecule has 1 atom stereocenters. The van der Waals surface area contributed by atoms with Crippen molar-refractivity contribution in [1.29, 1.82) is 0 Å². The third kappa shape index (κ3) is 1.65. The van der Waals surface area contributed by atoms with Crippen LogP contribution in [0.2, 0.25) is 0 Å². The van der Waals surface area contributed by atoms with Crippen LogP contribution in [-0.4, -0.2) is 12.4 Å². The average molecular weight is 190 g/mol. The van der Waals surface area contributed by atoms with Crippen molar-refractivity contribution in [3.63, 3.8) is 0 Å². The Morgan fingerprint density at radius 3 is 3.07 bits per heavy atom. The lowest BCUT2D eigenvalue weighted by Crippen LogP contribution is -2.05. The Morgan fingerprint density at radius 2 is 2.36 bits per heavy atom. The van der Waals surface area contributed by atoms with Crippen molar-refractivity contribution in [3.05, 3.63) is 29.3 Å². The van der Waals surface area contributed by atoms with Gasteiger partial charge in [-0.25, -0.2) is 0 Å². The first kappa shape index (κ1) is 9.25. The van der Waals surface area contributed by atoms with Crippen LogP contribution in [0.4, 0.5) is 0 Å². The first-order valence-corrected chi connectivity index (χ1v) is 4.89. The van der Waals surface area contributed by atoms with E-state index in [-0.39, 0.29) is 11.7 Å². The second-order valence-corrected chi connectivity index (χ2v) is 3.96. The minimum absolute atomic E-state index is 0.230. The van der Waals surface area contributed by atoms with Crippen LogP contribution in [0, 0.1) is 6.92 Å². The van der Waals surface area contributed by atoms with Gasteiger partial charge in [-0.2, -0.15) is 0 Å². The van der Waals surface area contributed by atoms with Crippen molar-refractivity contribution < 1.29 is 9.53 Å². The van der Waals surface area contributed by atoms with Gasteiger partial charge in [0.05, 0.1) is 6.61 Å². The van der Waals surface area contributed by atoms with Crippen LogP contribution in [0.3, 0.4) is 0 Å². The van der Waals surface area contributed by atoms with Gasteiger partial charge in [0.15, 0.2) is 0 Å². The summed E-state index contributed by atoms with van der Waals surface area (Å²) in [5.74, 6) is 1.44. The van der Waals surface area contributed by atoms with E-state index in [4.69, 9.17) is 4.74 Å². The number of ketones is 1. The summed E-state index contributed by atoms with van der Waals surface area (Å²) in [6, 6.07) is 6.15. The maximum atomic E-state index is 11.0. The number of fused-ring (bicyclic) bond motifs is 1. The summed E-state index contributed by atoms with van der Waals surface area (Å²) in [6.07, 6.45) is 0.594. The number of carbonyl (C=O) groups is 1. The van der Waals surface area contributed by atoms with E-state index in [1.54, 1.807) is 6.92 Å². The molecule has 0 spiro atoms. The maximum absolute atomic E-state index is 11.0. The van der Waals surface area contributed by atoms with Crippen molar-refractivity contribution in [2.24, 2.45) is 0 Å². The van der Waals surface area contributed by atoms with Crippen LogP contribution in [0.25, 0.3) is 0 Å². The Balaban J connectivity index is 2.28. The van der Waals surface area contributed by atoms with E-state index in [0.717, 1.165) is 5.75 Å². The highest BCUT2D eigenvalue weighted by molar-refractivity contribution is 5.76. The van der Waals surface area contributed by atoms with Crippen LogP contribution in [0.15, 0.2) is 18.2 Å². The zero-order valence-corrected chi connectivity index (χ0v) is 8.54. The lowest BCUT2D eigenvalue weighted by Gasteiger charge is -2.05. The molecule has 1 aromatic rings. The van der Waals surface area contributed by atoms with E-state index in [1.165, 1.54) is 11.1 Å². The lowest BCUT2D eigenvalue weighted by molar-refractivity contribution is -0.117. The molecule has 1 aliphatic rings. The molecule has 0 saturated carbocycles. The summed E-state index contributed by atoms with van der Waals surface area (Å²) in [5.41, 5.74) is 2.42. The number of hydrogen-bond acceptors (Lipinski definition) is 2. The molecule has 14 heavy (non-hydrogen) atoms. The van der Waals surface area contributed by atoms with E-state index < -0.39 is 0 Å². The van der Waals surface area contributed by atoms with Crippen molar-refractivity contribution in [2.45, 2.75) is 26.2 Å². The zero-order valence-electron chi connectivity index (χ0n) is 8.54. The summed E-state index contributed by atoms with van der Waals surface area (Å²) >= 11 is 0. The largest absolute Gasteiger partial charge is 0.493 e. The maximum Gasteiger partial charge on any atom is 0.130 e. The quantitative estimate of drug-likeness (QED) is 0.716. The highest BCUT2D eigenvalue weighted by Crippen LogP contribution is 2.36. The lowest BCUT2D eigenvalue weighted by atomic mass is 9.95. The number of benzene rings is 1. The van der Waals surface area contributed by atoms with Crippen molar-refractivity contribution in [3.8, 4) is 5.75 Å². The molecule has 2 heteroatoms.